The molecular formula is C16H18N2O3S. The van der Waals surface area contributed by atoms with E-state index in [4.69, 9.17) is 0 Å². The van der Waals surface area contributed by atoms with Gasteiger partial charge in [-0.2, -0.15) is 0 Å². The Morgan fingerprint density at radius 2 is 1.64 bits per heavy atom. The maximum Gasteiger partial charge on any atom is 0.328 e. The van der Waals surface area contributed by atoms with E-state index < -0.39 is 16.1 Å². The number of sulfonamides is 1. The Balaban J connectivity index is 1.90. The van der Waals surface area contributed by atoms with Gasteiger partial charge in [-0.15, -0.1) is 0 Å². The Morgan fingerprint density at radius 3 is 2.32 bits per heavy atom. The molecule has 0 aliphatic carbocycles. The first-order valence-corrected chi connectivity index (χ1v) is 8.37. The number of amides is 2. The second-order valence-corrected chi connectivity index (χ2v) is 6.51. The molecule has 5 nitrogen and oxygen atoms in total. The van der Waals surface area contributed by atoms with E-state index in [0.717, 1.165) is 5.56 Å². The first-order chi connectivity index (χ1) is 10.5. The van der Waals surface area contributed by atoms with E-state index in [9.17, 15) is 13.2 Å². The van der Waals surface area contributed by atoms with Gasteiger partial charge in [-0.1, -0.05) is 48.5 Å². The van der Waals surface area contributed by atoms with Crippen LogP contribution < -0.4 is 10.0 Å². The molecule has 2 rings (SSSR count). The lowest BCUT2D eigenvalue weighted by Crippen LogP contribution is -2.40. The number of aryl methyl sites for hydroxylation is 1. The molecule has 0 spiro atoms. The number of hydrogen-bond acceptors (Lipinski definition) is 3. The van der Waals surface area contributed by atoms with Crippen LogP contribution in [0.1, 0.15) is 11.1 Å². The molecule has 0 saturated carbocycles. The zero-order chi connectivity index (χ0) is 16.0. The lowest BCUT2D eigenvalue weighted by Gasteiger charge is -2.10. The van der Waals surface area contributed by atoms with Gasteiger partial charge in [-0.25, -0.2) is 17.9 Å². The summed E-state index contributed by atoms with van der Waals surface area (Å²) in [6, 6.07) is 15.4. The van der Waals surface area contributed by atoms with Gasteiger partial charge in [0.05, 0.1) is 4.90 Å². The van der Waals surface area contributed by atoms with E-state index in [-0.39, 0.29) is 4.90 Å². The molecule has 0 atom stereocenters. The standard InChI is InChI=1S/C16H18N2O3S/c1-13-7-5-6-10-15(13)22(20,21)18-16(19)17-12-11-14-8-3-2-4-9-14/h2-10H,11-12H2,1H3,(H2,17,18,19). The Labute approximate surface area is 130 Å². The topological polar surface area (TPSA) is 75.3 Å². The summed E-state index contributed by atoms with van der Waals surface area (Å²) >= 11 is 0. The maximum atomic E-state index is 12.1. The number of hydrogen-bond donors (Lipinski definition) is 2. The van der Waals surface area contributed by atoms with Crippen molar-refractivity contribution in [1.29, 1.82) is 0 Å². The second kappa shape index (κ2) is 7.09. The Bertz CT molecular complexity index is 743. The minimum absolute atomic E-state index is 0.105. The highest BCUT2D eigenvalue weighted by molar-refractivity contribution is 7.90. The SMILES string of the molecule is Cc1ccccc1S(=O)(=O)NC(=O)NCCc1ccccc1. The summed E-state index contributed by atoms with van der Waals surface area (Å²) in [5, 5.41) is 2.55. The van der Waals surface area contributed by atoms with Crippen molar-refractivity contribution in [1.82, 2.24) is 10.0 Å². The van der Waals surface area contributed by atoms with Crippen LogP contribution in [-0.4, -0.2) is 21.0 Å². The van der Waals surface area contributed by atoms with Crippen LogP contribution in [0, 0.1) is 6.92 Å². The van der Waals surface area contributed by atoms with Gasteiger partial charge in [0, 0.05) is 6.54 Å². The highest BCUT2D eigenvalue weighted by Gasteiger charge is 2.18. The van der Waals surface area contributed by atoms with Gasteiger partial charge in [0.2, 0.25) is 0 Å². The number of carbonyl (C=O) groups is 1. The lowest BCUT2D eigenvalue weighted by molar-refractivity contribution is 0.246. The molecule has 0 aliphatic rings. The molecule has 0 heterocycles. The van der Waals surface area contributed by atoms with E-state index in [2.05, 4.69) is 5.32 Å². The number of rotatable bonds is 5. The third-order valence-corrected chi connectivity index (χ3v) is 4.64. The predicted octanol–water partition coefficient (Wildman–Crippen LogP) is 2.23. The summed E-state index contributed by atoms with van der Waals surface area (Å²) in [7, 11) is -3.85. The first-order valence-electron chi connectivity index (χ1n) is 6.89. The van der Waals surface area contributed by atoms with Crippen LogP contribution in [0.25, 0.3) is 0 Å². The summed E-state index contributed by atoms with van der Waals surface area (Å²) in [5.74, 6) is 0. The van der Waals surface area contributed by atoms with E-state index in [0.29, 0.717) is 18.5 Å². The van der Waals surface area contributed by atoms with Crippen molar-refractivity contribution in [2.24, 2.45) is 0 Å². The second-order valence-electron chi connectivity index (χ2n) is 4.86. The third kappa shape index (κ3) is 4.33. The Hall–Kier alpha value is -2.34. The van der Waals surface area contributed by atoms with Crippen molar-refractivity contribution in [2.45, 2.75) is 18.2 Å². The smallest absolute Gasteiger partial charge is 0.328 e. The summed E-state index contributed by atoms with van der Waals surface area (Å²) < 4.78 is 26.3. The minimum Gasteiger partial charge on any atom is -0.337 e. The van der Waals surface area contributed by atoms with E-state index in [1.807, 2.05) is 35.1 Å². The van der Waals surface area contributed by atoms with E-state index in [1.165, 1.54) is 6.07 Å². The Morgan fingerprint density at radius 1 is 1.00 bits per heavy atom. The molecule has 2 N–H and O–H groups in total. The van der Waals surface area contributed by atoms with E-state index >= 15 is 0 Å². The number of benzene rings is 2. The molecule has 0 bridgehead atoms. The number of urea groups is 1. The van der Waals surface area contributed by atoms with Gasteiger partial charge in [0.1, 0.15) is 0 Å². The van der Waals surface area contributed by atoms with Crippen LogP contribution >= 0.6 is 0 Å². The quantitative estimate of drug-likeness (QED) is 0.887. The number of carbonyl (C=O) groups excluding carboxylic acids is 1. The summed E-state index contributed by atoms with van der Waals surface area (Å²) in [6.07, 6.45) is 0.638. The fraction of sp³-hybridized carbons (Fsp3) is 0.188. The van der Waals surface area contributed by atoms with Crippen molar-refractivity contribution in [3.8, 4) is 0 Å². The molecule has 0 aromatic heterocycles. The van der Waals surface area contributed by atoms with Crippen molar-refractivity contribution >= 4 is 16.1 Å². The summed E-state index contributed by atoms with van der Waals surface area (Å²) in [4.78, 5) is 11.8. The van der Waals surface area contributed by atoms with Crippen molar-refractivity contribution in [3.63, 3.8) is 0 Å². The zero-order valence-corrected chi connectivity index (χ0v) is 13.1. The van der Waals surface area contributed by atoms with Gasteiger partial charge >= 0.3 is 6.03 Å². The van der Waals surface area contributed by atoms with Crippen LogP contribution in [0.15, 0.2) is 59.5 Å². The minimum atomic E-state index is -3.85. The van der Waals surface area contributed by atoms with Gasteiger partial charge < -0.3 is 5.32 Å². The number of nitrogens with one attached hydrogen (secondary N) is 2. The molecule has 0 fully saturated rings. The molecule has 6 heteroatoms. The molecule has 2 amide bonds. The highest BCUT2D eigenvalue weighted by Crippen LogP contribution is 2.13. The van der Waals surface area contributed by atoms with Gasteiger partial charge in [-0.05, 0) is 30.5 Å². The monoisotopic (exact) mass is 318 g/mol. The van der Waals surface area contributed by atoms with Crippen LogP contribution in [0.4, 0.5) is 4.79 Å². The summed E-state index contributed by atoms with van der Waals surface area (Å²) in [5.41, 5.74) is 1.66. The Kier molecular flexibility index (Phi) is 5.16. The van der Waals surface area contributed by atoms with Crippen molar-refractivity contribution in [3.05, 3.63) is 65.7 Å². The average Bonchev–Trinajstić information content (AvgIpc) is 2.48. The predicted molar refractivity (Wildman–Crippen MR) is 85.0 cm³/mol. The molecule has 116 valence electrons. The van der Waals surface area contributed by atoms with Crippen molar-refractivity contribution in [2.75, 3.05) is 6.54 Å². The molecular weight excluding hydrogens is 300 g/mol. The van der Waals surface area contributed by atoms with Gasteiger partial charge in [0.25, 0.3) is 10.0 Å². The summed E-state index contributed by atoms with van der Waals surface area (Å²) in [6.45, 7) is 2.04. The van der Waals surface area contributed by atoms with E-state index in [1.54, 1.807) is 25.1 Å². The van der Waals surface area contributed by atoms with Crippen LogP contribution in [0.5, 0.6) is 0 Å². The van der Waals surface area contributed by atoms with Crippen LogP contribution in [0.2, 0.25) is 0 Å². The molecule has 0 unspecified atom stereocenters. The maximum absolute atomic E-state index is 12.1. The average molecular weight is 318 g/mol. The van der Waals surface area contributed by atoms with Crippen LogP contribution in [0.3, 0.4) is 0 Å². The third-order valence-electron chi connectivity index (χ3n) is 3.15. The van der Waals surface area contributed by atoms with Gasteiger partial charge in [0.15, 0.2) is 0 Å². The van der Waals surface area contributed by atoms with Gasteiger partial charge in [-0.3, -0.25) is 0 Å². The molecule has 0 saturated heterocycles. The molecule has 0 aliphatic heterocycles. The molecule has 2 aromatic rings. The highest BCUT2D eigenvalue weighted by atomic mass is 32.2. The largest absolute Gasteiger partial charge is 0.337 e. The normalized spacial score (nSPS) is 11.0. The first kappa shape index (κ1) is 16.0. The lowest BCUT2D eigenvalue weighted by atomic mass is 10.1. The zero-order valence-electron chi connectivity index (χ0n) is 12.2. The fourth-order valence-electron chi connectivity index (χ4n) is 2.04. The van der Waals surface area contributed by atoms with Crippen molar-refractivity contribution < 1.29 is 13.2 Å². The van der Waals surface area contributed by atoms with Crippen LogP contribution in [-0.2, 0) is 16.4 Å². The molecule has 0 radical (unpaired) electrons. The molecule has 22 heavy (non-hydrogen) atoms. The molecule has 2 aromatic carbocycles. The fourth-order valence-corrected chi connectivity index (χ4v) is 3.21.